The predicted octanol–water partition coefficient (Wildman–Crippen LogP) is 0.541. The van der Waals surface area contributed by atoms with Crippen LogP contribution >= 0.6 is 0 Å². The van der Waals surface area contributed by atoms with Gasteiger partial charge in [-0.3, -0.25) is 4.79 Å². The summed E-state index contributed by atoms with van der Waals surface area (Å²) in [6.45, 7) is 2.77. The lowest BCUT2D eigenvalue weighted by molar-refractivity contribution is -0.139. The number of imidazole rings is 1. The van der Waals surface area contributed by atoms with Gasteiger partial charge in [-0.15, -0.1) is 0 Å². The predicted molar refractivity (Wildman–Crippen MR) is 52.0 cm³/mol. The van der Waals surface area contributed by atoms with Crippen molar-refractivity contribution < 1.29 is 9.90 Å². The van der Waals surface area contributed by atoms with E-state index in [1.807, 2.05) is 6.92 Å². The minimum Gasteiger partial charge on any atom is -0.480 e. The second kappa shape index (κ2) is 5.39. The van der Waals surface area contributed by atoms with E-state index in [1.54, 1.807) is 12.4 Å². The number of aliphatic carboxylic acids is 1. The molecule has 0 spiro atoms. The third-order valence-electron chi connectivity index (χ3n) is 1.99. The number of nitrogens with one attached hydrogen (secondary N) is 2. The Morgan fingerprint density at radius 3 is 2.71 bits per heavy atom. The molecule has 3 N–H and O–H groups in total. The minimum absolute atomic E-state index is 0.269. The number of carbonyl (C=O) groups is 1. The average molecular weight is 197 g/mol. The molecule has 0 aromatic carbocycles. The molecule has 0 saturated carbocycles. The van der Waals surface area contributed by atoms with Gasteiger partial charge in [-0.05, 0) is 26.3 Å². The van der Waals surface area contributed by atoms with Gasteiger partial charge in [0.05, 0.1) is 0 Å². The fourth-order valence-electron chi connectivity index (χ4n) is 1.24. The van der Waals surface area contributed by atoms with Crippen LogP contribution < -0.4 is 5.32 Å². The number of rotatable bonds is 1. The van der Waals surface area contributed by atoms with Gasteiger partial charge in [0.2, 0.25) is 0 Å². The normalized spacial score (nSPS) is 19.9. The minimum atomic E-state index is -0.720. The molecular formula is C9H15N3O2. The maximum Gasteiger partial charge on any atom is 0.320 e. The van der Waals surface area contributed by atoms with Gasteiger partial charge in [0.15, 0.2) is 0 Å². The fourth-order valence-corrected chi connectivity index (χ4v) is 1.24. The number of nitrogens with zero attached hydrogens (tertiary/aromatic N) is 1. The molecule has 1 fully saturated rings. The van der Waals surface area contributed by atoms with Crippen molar-refractivity contribution in [3.8, 4) is 0 Å². The Labute approximate surface area is 82.6 Å². The topological polar surface area (TPSA) is 78.0 Å². The van der Waals surface area contributed by atoms with Crippen molar-refractivity contribution >= 4 is 5.97 Å². The maximum absolute atomic E-state index is 10.1. The van der Waals surface area contributed by atoms with Crippen molar-refractivity contribution in [3.05, 3.63) is 18.2 Å². The molecular weight excluding hydrogens is 182 g/mol. The Bertz CT molecular complexity index is 266. The lowest BCUT2D eigenvalue weighted by Gasteiger charge is -1.99. The van der Waals surface area contributed by atoms with Gasteiger partial charge in [-0.1, -0.05) is 0 Å². The van der Waals surface area contributed by atoms with E-state index in [-0.39, 0.29) is 6.04 Å². The van der Waals surface area contributed by atoms with Crippen LogP contribution in [0.15, 0.2) is 12.4 Å². The summed E-state index contributed by atoms with van der Waals surface area (Å²) in [5.74, 6) is 0.248. The van der Waals surface area contributed by atoms with Crippen LogP contribution in [0.4, 0.5) is 0 Å². The van der Waals surface area contributed by atoms with E-state index in [0.29, 0.717) is 0 Å². The molecule has 1 saturated heterocycles. The fraction of sp³-hybridized carbons (Fsp3) is 0.556. The molecule has 0 radical (unpaired) electrons. The number of aryl methyl sites for hydroxylation is 1. The van der Waals surface area contributed by atoms with Crippen molar-refractivity contribution in [1.29, 1.82) is 0 Å². The molecule has 5 nitrogen and oxygen atoms in total. The van der Waals surface area contributed by atoms with Crippen LogP contribution in [0, 0.1) is 6.92 Å². The van der Waals surface area contributed by atoms with Crippen molar-refractivity contribution in [2.24, 2.45) is 0 Å². The molecule has 78 valence electrons. The summed E-state index contributed by atoms with van der Waals surface area (Å²) in [7, 11) is 0. The summed E-state index contributed by atoms with van der Waals surface area (Å²) in [6.07, 6.45) is 5.32. The second-order valence-corrected chi connectivity index (χ2v) is 3.16. The van der Waals surface area contributed by atoms with E-state index in [2.05, 4.69) is 15.3 Å². The van der Waals surface area contributed by atoms with Crippen LogP contribution in [0.2, 0.25) is 0 Å². The molecule has 2 rings (SSSR count). The molecule has 1 aliphatic heterocycles. The second-order valence-electron chi connectivity index (χ2n) is 3.16. The molecule has 1 atom stereocenters. The number of carboxylic acid groups (broad SMARTS) is 1. The first-order valence-electron chi connectivity index (χ1n) is 4.62. The largest absolute Gasteiger partial charge is 0.480 e. The molecule has 1 aromatic heterocycles. The first-order valence-corrected chi connectivity index (χ1v) is 4.62. The smallest absolute Gasteiger partial charge is 0.320 e. The van der Waals surface area contributed by atoms with Crippen LogP contribution in [0.3, 0.4) is 0 Å². The van der Waals surface area contributed by atoms with Gasteiger partial charge >= 0.3 is 5.97 Å². The summed E-state index contributed by atoms with van der Waals surface area (Å²) in [6, 6.07) is -0.269. The molecule has 1 aromatic rings. The molecule has 1 aliphatic rings. The van der Waals surface area contributed by atoms with E-state index >= 15 is 0 Å². The van der Waals surface area contributed by atoms with Gasteiger partial charge in [0.1, 0.15) is 11.9 Å². The highest BCUT2D eigenvalue weighted by Gasteiger charge is 2.20. The molecule has 0 unspecified atom stereocenters. The van der Waals surface area contributed by atoms with E-state index in [1.165, 1.54) is 0 Å². The Morgan fingerprint density at radius 2 is 2.50 bits per heavy atom. The number of aromatic nitrogens is 2. The summed E-state index contributed by atoms with van der Waals surface area (Å²) >= 11 is 0. The Morgan fingerprint density at radius 1 is 1.71 bits per heavy atom. The zero-order valence-electron chi connectivity index (χ0n) is 8.16. The van der Waals surface area contributed by atoms with Crippen molar-refractivity contribution in [3.63, 3.8) is 0 Å². The lowest BCUT2D eigenvalue weighted by Crippen LogP contribution is -2.29. The molecule has 5 heteroatoms. The summed E-state index contributed by atoms with van der Waals surface area (Å²) in [5, 5.41) is 11.2. The van der Waals surface area contributed by atoms with Crippen LogP contribution in [0.1, 0.15) is 18.7 Å². The highest BCUT2D eigenvalue weighted by Crippen LogP contribution is 2.03. The Hall–Kier alpha value is -1.36. The zero-order chi connectivity index (χ0) is 10.4. The van der Waals surface area contributed by atoms with E-state index < -0.39 is 5.97 Å². The maximum atomic E-state index is 10.1. The van der Waals surface area contributed by atoms with Gasteiger partial charge in [0.25, 0.3) is 0 Å². The Kier molecular flexibility index (Phi) is 4.12. The standard InChI is InChI=1S/C5H9NO2.C4H6N2/c7-5(8)4-2-1-3-6-4;1-4-5-2-3-6-4/h4,6H,1-3H2,(H,7,8);2-3H,1H3,(H,5,6)/t4-;/m0./s1. The van der Waals surface area contributed by atoms with Crippen LogP contribution in [0.5, 0.6) is 0 Å². The van der Waals surface area contributed by atoms with E-state index in [0.717, 1.165) is 25.2 Å². The van der Waals surface area contributed by atoms with Gasteiger partial charge in [0, 0.05) is 12.4 Å². The van der Waals surface area contributed by atoms with E-state index in [4.69, 9.17) is 5.11 Å². The van der Waals surface area contributed by atoms with Crippen molar-refractivity contribution in [1.82, 2.24) is 15.3 Å². The summed E-state index contributed by atoms with van der Waals surface area (Å²) in [5.41, 5.74) is 0. The Balaban J connectivity index is 0.000000146. The van der Waals surface area contributed by atoms with Crippen molar-refractivity contribution in [2.45, 2.75) is 25.8 Å². The molecule has 0 amide bonds. The zero-order valence-corrected chi connectivity index (χ0v) is 8.16. The third kappa shape index (κ3) is 3.57. The first-order chi connectivity index (χ1) is 6.70. The highest BCUT2D eigenvalue weighted by molar-refractivity contribution is 5.73. The van der Waals surface area contributed by atoms with Gasteiger partial charge < -0.3 is 15.4 Å². The third-order valence-corrected chi connectivity index (χ3v) is 1.99. The molecule has 0 bridgehead atoms. The average Bonchev–Trinajstić information content (AvgIpc) is 2.75. The summed E-state index contributed by atoms with van der Waals surface area (Å²) < 4.78 is 0. The number of hydrogen-bond donors (Lipinski definition) is 3. The van der Waals surface area contributed by atoms with E-state index in [9.17, 15) is 4.79 Å². The molecule has 2 heterocycles. The van der Waals surface area contributed by atoms with Crippen LogP contribution in [-0.4, -0.2) is 33.6 Å². The highest BCUT2D eigenvalue weighted by atomic mass is 16.4. The molecule has 14 heavy (non-hydrogen) atoms. The van der Waals surface area contributed by atoms with Gasteiger partial charge in [-0.2, -0.15) is 0 Å². The summed E-state index contributed by atoms with van der Waals surface area (Å²) in [4.78, 5) is 16.9. The number of hydrogen-bond acceptors (Lipinski definition) is 3. The monoisotopic (exact) mass is 197 g/mol. The lowest BCUT2D eigenvalue weighted by atomic mass is 10.2. The SMILES string of the molecule is Cc1ncc[nH]1.O=C(O)[C@@H]1CCCN1. The van der Waals surface area contributed by atoms with Crippen LogP contribution in [0.25, 0.3) is 0 Å². The number of carboxylic acids is 1. The quantitative estimate of drug-likeness (QED) is 0.614. The number of aromatic amines is 1. The first kappa shape index (κ1) is 10.7. The number of H-pyrrole nitrogens is 1. The van der Waals surface area contributed by atoms with Gasteiger partial charge in [-0.25, -0.2) is 4.98 Å². The van der Waals surface area contributed by atoms with Crippen LogP contribution in [-0.2, 0) is 4.79 Å². The molecule has 0 aliphatic carbocycles. The van der Waals surface area contributed by atoms with Crippen molar-refractivity contribution in [2.75, 3.05) is 6.54 Å².